The van der Waals surface area contributed by atoms with Gasteiger partial charge in [-0.3, -0.25) is 19.1 Å². The summed E-state index contributed by atoms with van der Waals surface area (Å²) in [5.41, 5.74) is -0.360. The molecule has 0 unspecified atom stereocenters. The van der Waals surface area contributed by atoms with Crippen LogP contribution in [0.1, 0.15) is 134 Å². The second-order valence-corrected chi connectivity index (χ2v) is 18.5. The van der Waals surface area contributed by atoms with E-state index in [-0.39, 0.29) is 47.4 Å². The molecule has 4 fully saturated rings. The monoisotopic (exact) mass is 749 g/mol. The van der Waals surface area contributed by atoms with Gasteiger partial charge in [0.25, 0.3) is 0 Å². The van der Waals surface area contributed by atoms with E-state index in [9.17, 15) is 24.3 Å². The molecule has 4 saturated carbocycles. The summed E-state index contributed by atoms with van der Waals surface area (Å²) in [6.45, 7) is 16.0. The van der Waals surface area contributed by atoms with Crippen molar-refractivity contribution in [3.8, 4) is 0 Å². The van der Waals surface area contributed by atoms with E-state index in [1.165, 1.54) is 6.20 Å². The highest BCUT2D eigenvalue weighted by Crippen LogP contribution is 2.76. The number of aldehydes is 1. The van der Waals surface area contributed by atoms with Crippen LogP contribution in [0.25, 0.3) is 0 Å². The number of aryl methyl sites for hydroxylation is 1. The van der Waals surface area contributed by atoms with Crippen molar-refractivity contribution in [2.24, 2.45) is 44.3 Å². The van der Waals surface area contributed by atoms with Gasteiger partial charge in [-0.2, -0.15) is 10.6 Å². The molecule has 13 nitrogen and oxygen atoms in total. The van der Waals surface area contributed by atoms with Crippen LogP contribution in [0.2, 0.25) is 0 Å². The van der Waals surface area contributed by atoms with Gasteiger partial charge in [-0.1, -0.05) is 33.3 Å². The predicted molar refractivity (Wildman–Crippen MR) is 194 cm³/mol. The fourth-order valence-electron chi connectivity index (χ4n) is 12.4. The van der Waals surface area contributed by atoms with Gasteiger partial charge in [0.1, 0.15) is 18.7 Å². The predicted octanol–water partition coefficient (Wildman–Crippen LogP) is 6.54. The number of hydrogen-bond acceptors (Lipinski definition) is 11. The Morgan fingerprint density at radius 1 is 1.02 bits per heavy atom. The lowest BCUT2D eigenvalue weighted by Gasteiger charge is -2.73. The summed E-state index contributed by atoms with van der Waals surface area (Å²) in [7, 11) is 0. The van der Waals surface area contributed by atoms with E-state index in [4.69, 9.17) is 18.4 Å². The molecule has 0 spiro atoms. The van der Waals surface area contributed by atoms with E-state index in [0.29, 0.717) is 38.5 Å². The van der Waals surface area contributed by atoms with E-state index in [1.54, 1.807) is 24.7 Å². The molecule has 13 heteroatoms. The molecule has 5 aliphatic carbocycles. The van der Waals surface area contributed by atoms with Crippen molar-refractivity contribution in [2.45, 2.75) is 131 Å². The molecular weight excluding hydrogens is 694 g/mol. The van der Waals surface area contributed by atoms with Crippen molar-refractivity contribution < 1.29 is 42.7 Å². The van der Waals surface area contributed by atoms with Crippen molar-refractivity contribution in [2.75, 3.05) is 6.61 Å². The van der Waals surface area contributed by atoms with Crippen molar-refractivity contribution in [3.63, 3.8) is 0 Å². The highest BCUT2D eigenvalue weighted by Gasteiger charge is 2.76. The minimum absolute atomic E-state index is 0.00253. The zero-order valence-electron chi connectivity index (χ0n) is 32.8. The molecular formula is C41H55N3O10. The number of allylic oxidation sites excluding steroid dienone is 2. The first kappa shape index (κ1) is 38.4. The topological polar surface area (TPSA) is 180 Å². The van der Waals surface area contributed by atoms with Gasteiger partial charge in [-0.05, 0) is 119 Å². The molecule has 2 N–H and O–H groups in total. The van der Waals surface area contributed by atoms with E-state index in [1.807, 2.05) is 19.9 Å². The average molecular weight is 750 g/mol. The van der Waals surface area contributed by atoms with Gasteiger partial charge in [0, 0.05) is 12.1 Å². The van der Waals surface area contributed by atoms with Crippen LogP contribution in [-0.4, -0.2) is 51.0 Å². The Balaban J connectivity index is 1.34. The Morgan fingerprint density at radius 3 is 2.39 bits per heavy atom. The van der Waals surface area contributed by atoms with Crippen LogP contribution < -0.4 is 11.3 Å². The number of aromatic nitrogens is 2. The number of aliphatic carboxylic acids is 1. The molecule has 0 bridgehead atoms. The molecule has 0 radical (unpaired) electrons. The number of nitrogens with one attached hydrogen (secondary N) is 1. The van der Waals surface area contributed by atoms with Gasteiger partial charge >= 0.3 is 17.8 Å². The number of fused-ring (bicyclic) bond motifs is 7. The molecule has 294 valence electrons. The normalized spacial score (nSPS) is 41.4. The summed E-state index contributed by atoms with van der Waals surface area (Å²) < 4.78 is 17.2. The number of carbonyl (C=O) groups excluding carboxylic acids is 3. The van der Waals surface area contributed by atoms with Crippen molar-refractivity contribution in [1.29, 1.82) is 0 Å². The Morgan fingerprint density at radius 2 is 1.74 bits per heavy atom. The number of hydrogen-bond donors (Lipinski definition) is 2. The largest absolute Gasteiger partial charge is 0.519 e. The first-order valence-electron chi connectivity index (χ1n) is 19.4. The Kier molecular flexibility index (Phi) is 8.96. The highest BCUT2D eigenvalue weighted by molar-refractivity contribution is 5.96. The summed E-state index contributed by atoms with van der Waals surface area (Å²) >= 11 is 0. The smallest absolute Gasteiger partial charge is 0.481 e. The van der Waals surface area contributed by atoms with Crippen LogP contribution in [-0.2, 0) is 30.6 Å². The minimum Gasteiger partial charge on any atom is -0.481 e. The third-order valence-electron chi connectivity index (χ3n) is 16.1. The van der Waals surface area contributed by atoms with Gasteiger partial charge < -0.3 is 23.5 Å². The summed E-state index contributed by atoms with van der Waals surface area (Å²) in [5, 5.41) is 14.9. The van der Waals surface area contributed by atoms with Gasteiger partial charge in [0.2, 0.25) is 0 Å². The Labute approximate surface area is 315 Å². The van der Waals surface area contributed by atoms with E-state index in [0.717, 1.165) is 31.1 Å². The van der Waals surface area contributed by atoms with Gasteiger partial charge in [0.05, 0.1) is 40.8 Å². The summed E-state index contributed by atoms with van der Waals surface area (Å²) in [6, 6.07) is -0.521. The Bertz CT molecular complexity index is 1980. The van der Waals surface area contributed by atoms with Gasteiger partial charge in [-0.15, -0.1) is 0 Å². The fraction of sp³-hybridized carbons (Fsp3) is 0.707. The lowest BCUT2D eigenvalue weighted by Crippen LogP contribution is -2.78. The molecule has 2 aromatic rings. The van der Waals surface area contributed by atoms with Crippen LogP contribution in [0, 0.1) is 51.2 Å². The van der Waals surface area contributed by atoms with Gasteiger partial charge in [-0.25, -0.2) is 9.59 Å². The highest BCUT2D eigenvalue weighted by atomic mass is 16.7. The quantitative estimate of drug-likeness (QED) is 0.161. The average Bonchev–Trinajstić information content (AvgIpc) is 3.73. The van der Waals surface area contributed by atoms with Gasteiger partial charge in [0.15, 0.2) is 11.5 Å². The molecule has 0 saturated heterocycles. The maximum absolute atomic E-state index is 15.2. The van der Waals surface area contributed by atoms with Crippen LogP contribution in [0.3, 0.4) is 0 Å². The maximum Gasteiger partial charge on any atom is 0.519 e. The first-order valence-corrected chi connectivity index (χ1v) is 19.4. The van der Waals surface area contributed by atoms with Crippen molar-refractivity contribution >= 4 is 24.0 Å². The molecule has 0 amide bonds. The Hall–Kier alpha value is -3.84. The number of hydroxylamine groups is 1. The molecule has 5 aliphatic rings. The fourth-order valence-corrected chi connectivity index (χ4v) is 12.4. The van der Waals surface area contributed by atoms with Crippen molar-refractivity contribution in [1.82, 2.24) is 15.3 Å². The second kappa shape index (κ2) is 12.6. The first-order chi connectivity index (χ1) is 25.3. The number of carbonyl (C=O) groups is 4. The molecule has 0 aliphatic heterocycles. The molecule has 2 aromatic heterocycles. The summed E-state index contributed by atoms with van der Waals surface area (Å²) in [5.74, 6) is -2.22. The summed E-state index contributed by atoms with van der Waals surface area (Å²) in [4.78, 5) is 72.4. The SMILES string of the molecule is CCOC(=O)c1cnn([C@H]2CC[C@]3(C)[C@H]4C(=O)C=C5[C@@H]6C[C@@](C)(C(=O)O)CC[C@]6(C)CC[C@@]5(C)[C@]4(C)CC[C@@]3(NOCc3oc(=O)oc3C)[C@]2(C)C=O)c1. The lowest BCUT2D eigenvalue weighted by molar-refractivity contribution is -0.242. The third kappa shape index (κ3) is 5.08. The molecule has 2 heterocycles. The molecule has 0 aromatic carbocycles. The van der Waals surface area contributed by atoms with Crippen LogP contribution >= 0.6 is 0 Å². The van der Waals surface area contributed by atoms with Crippen molar-refractivity contribution in [3.05, 3.63) is 51.7 Å². The number of nitrogens with zero attached hydrogens (tertiary/aromatic N) is 2. The molecule has 7 rings (SSSR count). The van der Waals surface area contributed by atoms with E-state index >= 15 is 4.79 Å². The maximum atomic E-state index is 15.2. The van der Waals surface area contributed by atoms with Crippen LogP contribution in [0.4, 0.5) is 0 Å². The summed E-state index contributed by atoms with van der Waals surface area (Å²) in [6.07, 6.45) is 11.6. The number of esters is 1. The third-order valence-corrected chi connectivity index (χ3v) is 16.1. The van der Waals surface area contributed by atoms with E-state index in [2.05, 4.69) is 38.3 Å². The number of carboxylic acids is 1. The standard InChI is InChI=1S/C41H55N3O10/c1-9-51-32(47)25-20-42-44(21-25)30-10-11-39(7)31-28(46)18-26-27-19-36(4,33(48)49)13-12-35(27,3)14-15-37(26,5)38(31,6)16-17-41(39,40(30,8)23-45)43-52-22-29-24(2)53-34(50)54-29/h18,20-21,23,27,30-31,43H,9-17,19,22H2,1-8H3,(H,48,49)/t27-,30-,31-,35+,36-,37+,38+,39+,40+,41-/m0/s1. The van der Waals surface area contributed by atoms with E-state index < -0.39 is 62.3 Å². The number of ether oxygens (including phenoxy) is 1. The minimum atomic E-state index is -1.23. The van der Waals surface area contributed by atoms with Crippen LogP contribution in [0.15, 0.2) is 37.7 Å². The molecule has 10 atom stereocenters. The zero-order chi connectivity index (χ0) is 39.3. The lowest BCUT2D eigenvalue weighted by atomic mass is 9.31. The number of carboxylic acid groups (broad SMARTS) is 1. The second-order valence-electron chi connectivity index (χ2n) is 18.5. The zero-order valence-corrected chi connectivity index (χ0v) is 32.8. The number of ketones is 1. The van der Waals surface area contributed by atoms with Crippen LogP contribution in [0.5, 0.6) is 0 Å². The number of rotatable bonds is 9. The molecule has 54 heavy (non-hydrogen) atoms.